The van der Waals surface area contributed by atoms with Crippen LogP contribution >= 0.6 is 12.2 Å². The lowest BCUT2D eigenvalue weighted by atomic mass is 9.96. The Bertz CT molecular complexity index is 1100. The maximum absolute atomic E-state index is 6.18. The molecule has 32 heavy (non-hydrogen) atoms. The highest BCUT2D eigenvalue weighted by Gasteiger charge is 2.42. The number of aryl methyl sites for hydroxylation is 1. The summed E-state index contributed by atoms with van der Waals surface area (Å²) in [6.07, 6.45) is 7.04. The molecule has 1 aliphatic heterocycles. The van der Waals surface area contributed by atoms with Crippen molar-refractivity contribution < 1.29 is 4.74 Å². The van der Waals surface area contributed by atoms with Gasteiger partial charge in [-0.1, -0.05) is 6.07 Å². The zero-order valence-corrected chi connectivity index (χ0v) is 19.7. The first-order chi connectivity index (χ1) is 15.5. The van der Waals surface area contributed by atoms with E-state index >= 15 is 0 Å². The summed E-state index contributed by atoms with van der Waals surface area (Å²) in [5.41, 5.74) is 5.79. The molecule has 2 aliphatic rings. The van der Waals surface area contributed by atoms with Gasteiger partial charge in [0.15, 0.2) is 5.11 Å². The molecule has 1 aromatic carbocycles. The van der Waals surface area contributed by atoms with Crippen molar-refractivity contribution in [1.29, 1.82) is 0 Å². The first kappa shape index (κ1) is 21.0. The van der Waals surface area contributed by atoms with Crippen LogP contribution < -0.4 is 15.0 Å². The molecule has 0 unspecified atom stereocenters. The van der Waals surface area contributed by atoms with Crippen molar-refractivity contribution in [2.24, 2.45) is 7.05 Å². The molecule has 0 bridgehead atoms. The second-order valence-corrected chi connectivity index (χ2v) is 9.29. The molecule has 0 radical (unpaired) electrons. The van der Waals surface area contributed by atoms with Gasteiger partial charge in [0.1, 0.15) is 5.75 Å². The molecule has 5 rings (SSSR count). The highest BCUT2D eigenvalue weighted by molar-refractivity contribution is 7.80. The van der Waals surface area contributed by atoms with Gasteiger partial charge < -0.3 is 19.5 Å². The molecule has 3 heterocycles. The van der Waals surface area contributed by atoms with Gasteiger partial charge in [-0.15, -0.1) is 0 Å². The number of benzene rings is 1. The molecule has 1 saturated heterocycles. The summed E-state index contributed by atoms with van der Waals surface area (Å²) in [7, 11) is 2.12. The van der Waals surface area contributed by atoms with Gasteiger partial charge in [-0.05, 0) is 99.8 Å². The monoisotopic (exact) mass is 446 g/mol. The summed E-state index contributed by atoms with van der Waals surface area (Å²) in [5.74, 6) is 0.934. The van der Waals surface area contributed by atoms with E-state index in [2.05, 4.69) is 77.1 Å². The summed E-state index contributed by atoms with van der Waals surface area (Å²) in [5, 5.41) is 4.27. The SMILES string of the molecule is Cc1cc([C@@H]2[C@H](c3ccccn3)NC(=S)N2c2ccc(OC3CCCC3)cc2)c(C)n1C. The number of rotatable bonds is 5. The molecule has 2 aromatic heterocycles. The van der Waals surface area contributed by atoms with Crippen LogP contribution in [0.2, 0.25) is 0 Å². The van der Waals surface area contributed by atoms with E-state index in [9.17, 15) is 0 Å². The Morgan fingerprint density at radius 1 is 1.06 bits per heavy atom. The minimum atomic E-state index is -0.0291. The standard InChI is InChI=1S/C26H30N4OS/c1-17-16-22(18(2)29(17)3)25-24(23-10-6-7-15-27-23)28-26(32)30(25)19-11-13-21(14-12-19)31-20-8-4-5-9-20/h6-7,10-16,20,24-25H,4-5,8-9H2,1-3H3,(H,28,32)/t24-,25+/m0/s1. The van der Waals surface area contributed by atoms with Gasteiger partial charge in [-0.3, -0.25) is 4.98 Å². The molecule has 1 N–H and O–H groups in total. The highest BCUT2D eigenvalue weighted by Crippen LogP contribution is 2.43. The fourth-order valence-electron chi connectivity index (χ4n) is 5.02. The van der Waals surface area contributed by atoms with Crippen molar-refractivity contribution in [2.75, 3.05) is 4.90 Å². The average Bonchev–Trinajstić information content (AvgIpc) is 3.50. The van der Waals surface area contributed by atoms with Crippen LogP contribution in [-0.4, -0.2) is 20.8 Å². The van der Waals surface area contributed by atoms with Gasteiger partial charge in [-0.25, -0.2) is 0 Å². The molecule has 0 spiro atoms. The summed E-state index contributed by atoms with van der Waals surface area (Å²) in [6, 6.07) is 16.7. The number of nitrogens with one attached hydrogen (secondary N) is 1. The minimum absolute atomic E-state index is 0.0129. The van der Waals surface area contributed by atoms with Crippen LogP contribution in [0, 0.1) is 13.8 Å². The lowest BCUT2D eigenvalue weighted by Gasteiger charge is -2.28. The first-order valence-corrected chi connectivity index (χ1v) is 11.8. The minimum Gasteiger partial charge on any atom is -0.490 e. The van der Waals surface area contributed by atoms with Gasteiger partial charge in [0, 0.05) is 30.3 Å². The van der Waals surface area contributed by atoms with Crippen LogP contribution in [0.5, 0.6) is 5.75 Å². The van der Waals surface area contributed by atoms with E-state index in [1.54, 1.807) is 0 Å². The van der Waals surface area contributed by atoms with Crippen LogP contribution in [0.15, 0.2) is 54.7 Å². The molecule has 2 fully saturated rings. The lowest BCUT2D eigenvalue weighted by Crippen LogP contribution is -2.29. The Hall–Kier alpha value is -2.86. The van der Waals surface area contributed by atoms with Crippen molar-refractivity contribution in [3.05, 3.63) is 77.4 Å². The van der Waals surface area contributed by atoms with Crippen LogP contribution in [0.1, 0.15) is 60.4 Å². The molecular formula is C26H30N4OS. The fraction of sp³-hybridized carbons (Fsp3) is 0.385. The number of hydrogen-bond acceptors (Lipinski definition) is 3. The van der Waals surface area contributed by atoms with E-state index in [4.69, 9.17) is 17.0 Å². The Morgan fingerprint density at radius 3 is 2.44 bits per heavy atom. The van der Waals surface area contributed by atoms with Crippen molar-refractivity contribution in [2.45, 2.75) is 57.7 Å². The number of aromatic nitrogens is 2. The molecule has 6 heteroatoms. The number of pyridine rings is 1. The summed E-state index contributed by atoms with van der Waals surface area (Å²) in [6.45, 7) is 4.32. The number of ether oxygens (including phenoxy) is 1. The maximum Gasteiger partial charge on any atom is 0.174 e. The molecule has 5 nitrogen and oxygen atoms in total. The molecule has 3 aromatic rings. The van der Waals surface area contributed by atoms with E-state index in [1.807, 2.05) is 18.3 Å². The predicted molar refractivity (Wildman–Crippen MR) is 132 cm³/mol. The molecular weight excluding hydrogens is 416 g/mol. The van der Waals surface area contributed by atoms with Crippen LogP contribution in [0.3, 0.4) is 0 Å². The molecule has 2 atom stereocenters. The molecule has 166 valence electrons. The number of anilines is 1. The van der Waals surface area contributed by atoms with Crippen LogP contribution in [-0.2, 0) is 7.05 Å². The van der Waals surface area contributed by atoms with E-state index in [-0.39, 0.29) is 12.1 Å². The van der Waals surface area contributed by atoms with Gasteiger partial charge in [0.25, 0.3) is 0 Å². The molecule has 0 amide bonds. The van der Waals surface area contributed by atoms with Gasteiger partial charge in [0.05, 0.1) is 23.9 Å². The maximum atomic E-state index is 6.18. The van der Waals surface area contributed by atoms with Crippen molar-refractivity contribution in [3.63, 3.8) is 0 Å². The summed E-state index contributed by atoms with van der Waals surface area (Å²) < 4.78 is 8.42. The van der Waals surface area contributed by atoms with Gasteiger partial charge >= 0.3 is 0 Å². The zero-order valence-electron chi connectivity index (χ0n) is 18.9. The van der Waals surface area contributed by atoms with Crippen molar-refractivity contribution in [1.82, 2.24) is 14.9 Å². The Morgan fingerprint density at radius 2 is 1.81 bits per heavy atom. The number of hydrogen-bond donors (Lipinski definition) is 1. The Kier molecular flexibility index (Phi) is 5.64. The fourth-order valence-corrected chi connectivity index (χ4v) is 5.36. The largest absolute Gasteiger partial charge is 0.490 e. The zero-order chi connectivity index (χ0) is 22.2. The van der Waals surface area contributed by atoms with E-state index in [0.29, 0.717) is 6.10 Å². The van der Waals surface area contributed by atoms with E-state index < -0.39 is 0 Å². The van der Waals surface area contributed by atoms with E-state index in [0.717, 1.165) is 35.1 Å². The molecule has 1 aliphatic carbocycles. The smallest absolute Gasteiger partial charge is 0.174 e. The third kappa shape index (κ3) is 3.77. The quantitative estimate of drug-likeness (QED) is 0.522. The summed E-state index contributed by atoms with van der Waals surface area (Å²) in [4.78, 5) is 6.89. The number of thiocarbonyl (C=S) groups is 1. The topological polar surface area (TPSA) is 42.3 Å². The normalized spacial score (nSPS) is 21.2. The molecule has 1 saturated carbocycles. The summed E-state index contributed by atoms with van der Waals surface area (Å²) >= 11 is 5.86. The highest BCUT2D eigenvalue weighted by atomic mass is 32.1. The van der Waals surface area contributed by atoms with Crippen molar-refractivity contribution in [3.8, 4) is 5.75 Å². The second kappa shape index (κ2) is 8.58. The van der Waals surface area contributed by atoms with Crippen LogP contribution in [0.4, 0.5) is 5.69 Å². The number of nitrogens with zero attached hydrogens (tertiary/aromatic N) is 3. The predicted octanol–water partition coefficient (Wildman–Crippen LogP) is 5.54. The third-order valence-corrected chi connectivity index (χ3v) is 7.27. The van der Waals surface area contributed by atoms with Gasteiger partial charge in [0.2, 0.25) is 0 Å². The van der Waals surface area contributed by atoms with Gasteiger partial charge in [-0.2, -0.15) is 0 Å². The van der Waals surface area contributed by atoms with Crippen molar-refractivity contribution >= 4 is 23.0 Å². The Balaban J connectivity index is 1.52. The third-order valence-electron chi connectivity index (χ3n) is 6.95. The van der Waals surface area contributed by atoms with Crippen LogP contribution in [0.25, 0.3) is 0 Å². The Labute approximate surface area is 195 Å². The second-order valence-electron chi connectivity index (χ2n) is 8.90. The lowest BCUT2D eigenvalue weighted by molar-refractivity contribution is 0.210. The average molecular weight is 447 g/mol. The first-order valence-electron chi connectivity index (χ1n) is 11.4. The van der Waals surface area contributed by atoms with E-state index in [1.165, 1.54) is 29.8 Å².